The predicted octanol–water partition coefficient (Wildman–Crippen LogP) is 2.27. The smallest absolute Gasteiger partial charge is 0.123 e. The second-order valence-electron chi connectivity index (χ2n) is 3.45. The topological polar surface area (TPSA) is 29.5 Å². The van der Waals surface area contributed by atoms with Crippen LogP contribution in [-0.2, 0) is 6.42 Å². The third-order valence-corrected chi connectivity index (χ3v) is 2.27. The van der Waals surface area contributed by atoms with Gasteiger partial charge in [0, 0.05) is 12.0 Å². The summed E-state index contributed by atoms with van der Waals surface area (Å²) in [7, 11) is 0. The molecule has 2 rings (SSSR count). The Morgan fingerprint density at radius 3 is 3.08 bits per heavy atom. The molecule has 0 saturated heterocycles. The summed E-state index contributed by atoms with van der Waals surface area (Å²) in [6.07, 6.45) is 0.899. The number of hydrogen-bond donors (Lipinski definition) is 1. The Labute approximate surface area is 77.5 Å². The van der Waals surface area contributed by atoms with Crippen LogP contribution in [0.25, 0.3) is 0 Å². The van der Waals surface area contributed by atoms with Gasteiger partial charge in [-0.2, -0.15) is 0 Å². The zero-order chi connectivity index (χ0) is 9.42. The van der Waals surface area contributed by atoms with Crippen LogP contribution in [0.4, 0.5) is 0 Å². The third-order valence-electron chi connectivity index (χ3n) is 2.27. The van der Waals surface area contributed by atoms with E-state index in [2.05, 4.69) is 6.58 Å². The molecule has 0 spiro atoms. The summed E-state index contributed by atoms with van der Waals surface area (Å²) in [5, 5.41) is 9.24. The van der Waals surface area contributed by atoms with Crippen LogP contribution in [-0.4, -0.2) is 11.2 Å². The number of ether oxygens (including phenoxy) is 1. The molecule has 1 unspecified atom stereocenters. The molecule has 0 radical (unpaired) electrons. The lowest BCUT2D eigenvalue weighted by Gasteiger charge is -2.08. The fourth-order valence-electron chi connectivity index (χ4n) is 1.51. The van der Waals surface area contributed by atoms with Crippen molar-refractivity contribution < 1.29 is 9.84 Å². The molecule has 1 N–H and O–H groups in total. The first-order valence-electron chi connectivity index (χ1n) is 4.31. The minimum Gasteiger partial charge on any atom is -0.508 e. The lowest BCUT2D eigenvalue weighted by molar-refractivity contribution is 0.271. The summed E-state index contributed by atoms with van der Waals surface area (Å²) in [6.45, 7) is 5.81. The molecule has 13 heavy (non-hydrogen) atoms. The number of phenols is 1. The molecule has 1 aromatic rings. The molecular formula is C11H12O2. The van der Waals surface area contributed by atoms with E-state index >= 15 is 0 Å². The molecule has 0 bridgehead atoms. The monoisotopic (exact) mass is 176 g/mol. The van der Waals surface area contributed by atoms with Crippen molar-refractivity contribution in [2.45, 2.75) is 19.4 Å². The highest BCUT2D eigenvalue weighted by molar-refractivity contribution is 5.43. The highest BCUT2D eigenvalue weighted by atomic mass is 16.5. The van der Waals surface area contributed by atoms with E-state index in [-0.39, 0.29) is 6.10 Å². The van der Waals surface area contributed by atoms with Gasteiger partial charge in [0.05, 0.1) is 0 Å². The third kappa shape index (κ3) is 1.39. The van der Waals surface area contributed by atoms with Crippen LogP contribution < -0.4 is 4.74 Å². The SMILES string of the molecule is C=C(C)C1Cc2cc(O)ccc2O1. The molecule has 1 aliphatic heterocycles. The molecule has 0 aliphatic carbocycles. The maximum atomic E-state index is 9.24. The van der Waals surface area contributed by atoms with Gasteiger partial charge in [0.2, 0.25) is 0 Å². The van der Waals surface area contributed by atoms with Gasteiger partial charge < -0.3 is 9.84 Å². The van der Waals surface area contributed by atoms with E-state index in [0.717, 1.165) is 23.3 Å². The van der Waals surface area contributed by atoms with Gasteiger partial charge in [-0.25, -0.2) is 0 Å². The summed E-state index contributed by atoms with van der Waals surface area (Å²) in [6, 6.07) is 5.19. The lowest BCUT2D eigenvalue weighted by Crippen LogP contribution is -2.12. The minimum absolute atomic E-state index is 0.0804. The molecule has 68 valence electrons. The van der Waals surface area contributed by atoms with E-state index in [1.165, 1.54) is 0 Å². The summed E-state index contributed by atoms with van der Waals surface area (Å²) in [5.41, 5.74) is 2.09. The number of aromatic hydroxyl groups is 1. The van der Waals surface area contributed by atoms with Crippen molar-refractivity contribution in [1.82, 2.24) is 0 Å². The van der Waals surface area contributed by atoms with E-state index in [9.17, 15) is 5.11 Å². The number of fused-ring (bicyclic) bond motifs is 1. The van der Waals surface area contributed by atoms with E-state index in [0.29, 0.717) is 5.75 Å². The molecule has 2 heteroatoms. The van der Waals surface area contributed by atoms with Crippen molar-refractivity contribution in [3.8, 4) is 11.5 Å². The van der Waals surface area contributed by atoms with Gasteiger partial charge in [-0.15, -0.1) is 0 Å². The van der Waals surface area contributed by atoms with Crippen LogP contribution in [0.1, 0.15) is 12.5 Å². The maximum Gasteiger partial charge on any atom is 0.123 e. The van der Waals surface area contributed by atoms with Gasteiger partial charge >= 0.3 is 0 Å². The van der Waals surface area contributed by atoms with Crippen molar-refractivity contribution in [3.63, 3.8) is 0 Å². The van der Waals surface area contributed by atoms with Crippen molar-refractivity contribution in [2.75, 3.05) is 0 Å². The van der Waals surface area contributed by atoms with Gasteiger partial charge in [0.1, 0.15) is 17.6 Å². The van der Waals surface area contributed by atoms with Gasteiger partial charge in [-0.05, 0) is 30.7 Å². The van der Waals surface area contributed by atoms with Crippen molar-refractivity contribution in [3.05, 3.63) is 35.9 Å². The van der Waals surface area contributed by atoms with E-state index in [1.807, 2.05) is 6.92 Å². The highest BCUT2D eigenvalue weighted by Gasteiger charge is 2.23. The van der Waals surface area contributed by atoms with Gasteiger partial charge in [0.25, 0.3) is 0 Å². The molecule has 0 amide bonds. The minimum atomic E-state index is 0.0804. The normalized spacial score (nSPS) is 19.3. The summed E-state index contributed by atoms with van der Waals surface area (Å²) >= 11 is 0. The van der Waals surface area contributed by atoms with Crippen LogP contribution in [0.2, 0.25) is 0 Å². The van der Waals surface area contributed by atoms with Gasteiger partial charge in [0.15, 0.2) is 0 Å². The predicted molar refractivity (Wildman–Crippen MR) is 51.0 cm³/mol. The molecular weight excluding hydrogens is 164 g/mol. The fourth-order valence-corrected chi connectivity index (χ4v) is 1.51. The zero-order valence-electron chi connectivity index (χ0n) is 7.58. The number of hydrogen-bond acceptors (Lipinski definition) is 2. The Balaban J connectivity index is 2.30. The van der Waals surface area contributed by atoms with Crippen LogP contribution >= 0.6 is 0 Å². The fraction of sp³-hybridized carbons (Fsp3) is 0.273. The summed E-state index contributed by atoms with van der Waals surface area (Å²) in [4.78, 5) is 0. The van der Waals surface area contributed by atoms with Crippen molar-refractivity contribution >= 4 is 0 Å². The Morgan fingerprint density at radius 2 is 2.38 bits per heavy atom. The summed E-state index contributed by atoms with van der Waals surface area (Å²) in [5.74, 6) is 1.16. The second kappa shape index (κ2) is 2.80. The first-order chi connectivity index (χ1) is 6.16. The standard InChI is InChI=1S/C11H12O2/c1-7(2)11-6-8-5-9(12)3-4-10(8)13-11/h3-5,11-12H,1,6H2,2H3. The average Bonchev–Trinajstić information content (AvgIpc) is 2.46. The van der Waals surface area contributed by atoms with E-state index in [1.54, 1.807) is 18.2 Å². The first-order valence-corrected chi connectivity index (χ1v) is 4.31. The van der Waals surface area contributed by atoms with Crippen molar-refractivity contribution in [1.29, 1.82) is 0 Å². The average molecular weight is 176 g/mol. The Bertz CT molecular complexity index is 355. The first kappa shape index (κ1) is 8.17. The second-order valence-corrected chi connectivity index (χ2v) is 3.45. The lowest BCUT2D eigenvalue weighted by atomic mass is 10.1. The van der Waals surface area contributed by atoms with Crippen molar-refractivity contribution in [2.24, 2.45) is 0 Å². The highest BCUT2D eigenvalue weighted by Crippen LogP contribution is 2.33. The molecule has 0 saturated carbocycles. The van der Waals surface area contributed by atoms with Crippen LogP contribution in [0, 0.1) is 0 Å². The molecule has 2 nitrogen and oxygen atoms in total. The van der Waals surface area contributed by atoms with E-state index in [4.69, 9.17) is 4.74 Å². The Kier molecular flexibility index (Phi) is 1.76. The number of rotatable bonds is 1. The molecule has 1 atom stereocenters. The molecule has 0 aromatic heterocycles. The maximum absolute atomic E-state index is 9.24. The quantitative estimate of drug-likeness (QED) is 0.665. The molecule has 0 fully saturated rings. The van der Waals surface area contributed by atoms with Gasteiger partial charge in [-0.3, -0.25) is 0 Å². The molecule has 1 aliphatic rings. The van der Waals surface area contributed by atoms with Crippen LogP contribution in [0.5, 0.6) is 11.5 Å². The van der Waals surface area contributed by atoms with E-state index < -0.39 is 0 Å². The molecule has 1 aromatic carbocycles. The Hall–Kier alpha value is -1.44. The Morgan fingerprint density at radius 1 is 1.62 bits per heavy atom. The number of phenolic OH excluding ortho intramolecular Hbond substituents is 1. The van der Waals surface area contributed by atoms with Gasteiger partial charge in [-0.1, -0.05) is 6.58 Å². The van der Waals surface area contributed by atoms with Crippen LogP contribution in [0.15, 0.2) is 30.4 Å². The molecule has 1 heterocycles. The van der Waals surface area contributed by atoms with Crippen LogP contribution in [0.3, 0.4) is 0 Å². The number of benzene rings is 1. The largest absolute Gasteiger partial charge is 0.508 e. The summed E-state index contributed by atoms with van der Waals surface area (Å²) < 4.78 is 5.61. The zero-order valence-corrected chi connectivity index (χ0v) is 7.58.